The first-order chi connectivity index (χ1) is 8.54. The number of rotatable bonds is 6. The second-order valence-corrected chi connectivity index (χ2v) is 4.59. The number of hydrogen-bond donors (Lipinski definition) is 2. The molecule has 0 aliphatic rings. The first kappa shape index (κ1) is 15.1. The van der Waals surface area contributed by atoms with Crippen LogP contribution in [0.1, 0.15) is 13.3 Å². The van der Waals surface area contributed by atoms with Crippen LogP contribution in [0.5, 0.6) is 5.75 Å². The number of halogens is 2. The number of hydrogen-bond acceptors (Lipinski definition) is 3. The first-order valence-corrected chi connectivity index (χ1v) is 6.27. The minimum atomic E-state index is -0.257. The maximum atomic E-state index is 11.4. The van der Waals surface area contributed by atoms with Crippen molar-refractivity contribution in [2.75, 3.05) is 13.2 Å². The van der Waals surface area contributed by atoms with Crippen molar-refractivity contribution in [2.45, 2.75) is 19.4 Å². The molecule has 0 radical (unpaired) electrons. The second-order valence-electron chi connectivity index (χ2n) is 3.80. The molecule has 0 fully saturated rings. The highest BCUT2D eigenvalue weighted by atomic mass is 35.5. The topological polar surface area (TPSA) is 58.6 Å². The van der Waals surface area contributed by atoms with Crippen LogP contribution in [0.15, 0.2) is 18.2 Å². The molecule has 6 heteroatoms. The van der Waals surface area contributed by atoms with Gasteiger partial charge in [-0.3, -0.25) is 4.79 Å². The van der Waals surface area contributed by atoms with Gasteiger partial charge in [0, 0.05) is 6.04 Å². The van der Waals surface area contributed by atoms with Gasteiger partial charge in [0.2, 0.25) is 5.91 Å². The molecule has 0 aliphatic heterocycles. The Morgan fingerprint density at radius 1 is 1.50 bits per heavy atom. The van der Waals surface area contributed by atoms with Crippen molar-refractivity contribution in [2.24, 2.45) is 0 Å². The Morgan fingerprint density at radius 2 is 2.22 bits per heavy atom. The van der Waals surface area contributed by atoms with Crippen LogP contribution >= 0.6 is 23.2 Å². The fourth-order valence-corrected chi connectivity index (χ4v) is 1.59. The van der Waals surface area contributed by atoms with Crippen molar-refractivity contribution in [1.29, 1.82) is 0 Å². The fraction of sp³-hybridized carbons (Fsp3) is 0.417. The lowest BCUT2D eigenvalue weighted by Gasteiger charge is -2.12. The summed E-state index contributed by atoms with van der Waals surface area (Å²) in [5.74, 6) is 0.266. The molecule has 0 aliphatic carbocycles. The van der Waals surface area contributed by atoms with Gasteiger partial charge in [-0.15, -0.1) is 0 Å². The third kappa shape index (κ3) is 4.72. The van der Waals surface area contributed by atoms with E-state index in [2.05, 4.69) is 5.32 Å². The minimum absolute atomic E-state index is 0.0906. The number of aliphatic hydroxyl groups is 1. The summed E-state index contributed by atoms with van der Waals surface area (Å²) in [6.07, 6.45) is 0.188. The van der Waals surface area contributed by atoms with Gasteiger partial charge in [0.05, 0.1) is 24.7 Å². The molecule has 0 unspecified atom stereocenters. The van der Waals surface area contributed by atoms with Crippen molar-refractivity contribution in [3.63, 3.8) is 0 Å². The van der Waals surface area contributed by atoms with E-state index >= 15 is 0 Å². The Kier molecular flexibility index (Phi) is 6.25. The van der Waals surface area contributed by atoms with Crippen molar-refractivity contribution < 1.29 is 14.6 Å². The average Bonchev–Trinajstić information content (AvgIpc) is 2.34. The molecular weight excluding hydrogens is 277 g/mol. The summed E-state index contributed by atoms with van der Waals surface area (Å²) in [4.78, 5) is 11.4. The smallest absolute Gasteiger partial charge is 0.223 e. The molecule has 2 N–H and O–H groups in total. The van der Waals surface area contributed by atoms with Crippen molar-refractivity contribution >= 4 is 29.1 Å². The SMILES string of the molecule is C[C@@H](CO)NC(=O)CCOc1cccc(Cl)c1Cl. The molecule has 1 amide bonds. The molecule has 4 nitrogen and oxygen atoms in total. The number of carbonyl (C=O) groups is 1. The van der Waals surface area contributed by atoms with E-state index in [1.54, 1.807) is 25.1 Å². The lowest BCUT2D eigenvalue weighted by Crippen LogP contribution is -2.35. The molecule has 18 heavy (non-hydrogen) atoms. The van der Waals surface area contributed by atoms with Crippen LogP contribution in [-0.4, -0.2) is 30.3 Å². The van der Waals surface area contributed by atoms with Crippen LogP contribution in [0.25, 0.3) is 0 Å². The van der Waals surface area contributed by atoms with Gasteiger partial charge in [0.25, 0.3) is 0 Å². The molecule has 0 saturated heterocycles. The largest absolute Gasteiger partial charge is 0.491 e. The molecule has 1 aromatic rings. The van der Waals surface area contributed by atoms with Crippen molar-refractivity contribution in [1.82, 2.24) is 5.32 Å². The van der Waals surface area contributed by atoms with Crippen LogP contribution < -0.4 is 10.1 Å². The van der Waals surface area contributed by atoms with E-state index in [4.69, 9.17) is 33.0 Å². The molecule has 0 saturated carbocycles. The standard InChI is InChI=1S/C12H15Cl2NO3/c1-8(7-16)15-11(17)5-6-18-10-4-2-3-9(13)12(10)14/h2-4,8,16H,5-7H2,1H3,(H,15,17)/t8-/m0/s1. The van der Waals surface area contributed by atoms with Gasteiger partial charge in [-0.2, -0.15) is 0 Å². The highest BCUT2D eigenvalue weighted by Crippen LogP contribution is 2.31. The Bertz CT molecular complexity index is 412. The minimum Gasteiger partial charge on any atom is -0.491 e. The summed E-state index contributed by atoms with van der Waals surface area (Å²) >= 11 is 11.7. The quantitative estimate of drug-likeness (QED) is 0.845. The molecule has 0 spiro atoms. The Balaban J connectivity index is 2.38. The zero-order valence-electron chi connectivity index (χ0n) is 9.95. The van der Waals surface area contributed by atoms with Gasteiger partial charge in [0.15, 0.2) is 0 Å². The summed E-state index contributed by atoms with van der Waals surface area (Å²) in [5.41, 5.74) is 0. The summed E-state index contributed by atoms with van der Waals surface area (Å²) in [5, 5.41) is 12.1. The van der Waals surface area contributed by atoms with Gasteiger partial charge in [-0.1, -0.05) is 29.3 Å². The molecular formula is C12H15Cl2NO3. The normalized spacial score (nSPS) is 12.0. The zero-order valence-corrected chi connectivity index (χ0v) is 11.5. The maximum absolute atomic E-state index is 11.4. The van der Waals surface area contributed by atoms with Crippen LogP contribution in [0.4, 0.5) is 0 Å². The van der Waals surface area contributed by atoms with E-state index in [-0.39, 0.29) is 31.6 Å². The predicted octanol–water partition coefficient (Wildman–Crippen LogP) is 2.26. The number of nitrogens with one attached hydrogen (secondary N) is 1. The Labute approximate surface area is 116 Å². The fourth-order valence-electron chi connectivity index (χ4n) is 1.24. The highest BCUT2D eigenvalue weighted by Gasteiger charge is 2.08. The molecule has 1 atom stereocenters. The van der Waals surface area contributed by atoms with Gasteiger partial charge in [-0.25, -0.2) is 0 Å². The third-order valence-corrected chi connectivity index (χ3v) is 2.99. The lowest BCUT2D eigenvalue weighted by atomic mass is 10.3. The number of amides is 1. The highest BCUT2D eigenvalue weighted by molar-refractivity contribution is 6.42. The lowest BCUT2D eigenvalue weighted by molar-refractivity contribution is -0.122. The van der Waals surface area contributed by atoms with Crippen LogP contribution in [0.2, 0.25) is 10.0 Å². The summed E-state index contributed by atoms with van der Waals surface area (Å²) in [7, 11) is 0. The number of ether oxygens (including phenoxy) is 1. The van der Waals surface area contributed by atoms with E-state index in [0.717, 1.165) is 0 Å². The second kappa shape index (κ2) is 7.46. The maximum Gasteiger partial charge on any atom is 0.223 e. The first-order valence-electron chi connectivity index (χ1n) is 5.51. The number of aliphatic hydroxyl groups excluding tert-OH is 1. The summed E-state index contributed by atoms with van der Waals surface area (Å²) in [6, 6.07) is 4.80. The molecule has 1 rings (SSSR count). The number of carbonyl (C=O) groups excluding carboxylic acids is 1. The zero-order chi connectivity index (χ0) is 13.5. The van der Waals surface area contributed by atoms with E-state index in [1.165, 1.54) is 0 Å². The van der Waals surface area contributed by atoms with E-state index < -0.39 is 0 Å². The van der Waals surface area contributed by atoms with E-state index in [1.807, 2.05) is 0 Å². The van der Waals surface area contributed by atoms with E-state index in [0.29, 0.717) is 15.8 Å². The Morgan fingerprint density at radius 3 is 2.89 bits per heavy atom. The summed E-state index contributed by atoms with van der Waals surface area (Å²) < 4.78 is 5.36. The molecule has 0 bridgehead atoms. The molecule has 0 aromatic heterocycles. The van der Waals surface area contributed by atoms with Gasteiger partial charge in [0.1, 0.15) is 10.8 Å². The molecule has 1 aromatic carbocycles. The van der Waals surface area contributed by atoms with Gasteiger partial charge in [-0.05, 0) is 19.1 Å². The van der Waals surface area contributed by atoms with Gasteiger partial charge >= 0.3 is 0 Å². The average molecular weight is 292 g/mol. The van der Waals surface area contributed by atoms with Crippen LogP contribution in [-0.2, 0) is 4.79 Å². The van der Waals surface area contributed by atoms with Crippen molar-refractivity contribution in [3.05, 3.63) is 28.2 Å². The summed E-state index contributed by atoms with van der Waals surface area (Å²) in [6.45, 7) is 1.82. The Hall–Kier alpha value is -0.970. The molecule has 100 valence electrons. The monoisotopic (exact) mass is 291 g/mol. The van der Waals surface area contributed by atoms with Crippen LogP contribution in [0.3, 0.4) is 0 Å². The van der Waals surface area contributed by atoms with Gasteiger partial charge < -0.3 is 15.2 Å². The molecule has 0 heterocycles. The predicted molar refractivity (Wildman–Crippen MR) is 71.3 cm³/mol. The number of benzene rings is 1. The van der Waals surface area contributed by atoms with E-state index in [9.17, 15) is 4.79 Å². The van der Waals surface area contributed by atoms with Crippen LogP contribution in [0, 0.1) is 0 Å². The third-order valence-electron chi connectivity index (χ3n) is 2.18. The van der Waals surface area contributed by atoms with Crippen molar-refractivity contribution in [3.8, 4) is 5.75 Å².